The molecule has 1 saturated carbocycles. The van der Waals surface area contributed by atoms with E-state index < -0.39 is 0 Å². The molecule has 0 spiro atoms. The van der Waals surface area contributed by atoms with Gasteiger partial charge in [-0.1, -0.05) is 13.8 Å². The van der Waals surface area contributed by atoms with Crippen LogP contribution in [0.1, 0.15) is 44.5 Å². The van der Waals surface area contributed by atoms with E-state index in [0.717, 1.165) is 5.69 Å². The number of rotatable bonds is 3. The summed E-state index contributed by atoms with van der Waals surface area (Å²) in [6, 6.07) is 0.603. The Balaban J connectivity index is 2.22. The van der Waals surface area contributed by atoms with Gasteiger partial charge in [0, 0.05) is 6.04 Å². The van der Waals surface area contributed by atoms with E-state index in [4.69, 9.17) is 0 Å². The first-order valence-corrected chi connectivity index (χ1v) is 4.90. The maximum Gasteiger partial charge on any atom is 0.0978 e. The first-order chi connectivity index (χ1) is 6.20. The van der Waals surface area contributed by atoms with E-state index in [1.807, 2.05) is 20.2 Å². The van der Waals surface area contributed by atoms with Gasteiger partial charge in [-0.2, -0.15) is 0 Å². The Bertz CT molecular complexity index is 289. The molecule has 1 aromatic heterocycles. The number of aliphatic hydroxyl groups is 1. The molecule has 0 bridgehead atoms. The fraction of sp³-hybridized carbons (Fsp3) is 0.700. The lowest BCUT2D eigenvalue weighted by atomic mass is 10.1. The van der Waals surface area contributed by atoms with Crippen molar-refractivity contribution in [3.8, 4) is 0 Å². The summed E-state index contributed by atoms with van der Waals surface area (Å²) in [4.78, 5) is 4.09. The third-order valence-electron chi connectivity index (χ3n) is 2.57. The highest BCUT2D eigenvalue weighted by Gasteiger charge is 2.27. The maximum absolute atomic E-state index is 9.88. The van der Waals surface area contributed by atoms with E-state index in [9.17, 15) is 5.11 Å². The van der Waals surface area contributed by atoms with Gasteiger partial charge in [-0.25, -0.2) is 4.98 Å². The standard InChI is InChI=1S/C10H16N2O/c1-7(2)10(13)9-5-11-6-12(9)8-3-4-8/h5-8,10,13H,3-4H2,1-2H3. The lowest BCUT2D eigenvalue weighted by Crippen LogP contribution is -2.10. The maximum atomic E-state index is 9.88. The lowest BCUT2D eigenvalue weighted by molar-refractivity contribution is 0.118. The van der Waals surface area contributed by atoms with Crippen LogP contribution in [0, 0.1) is 5.92 Å². The molecular formula is C10H16N2O. The van der Waals surface area contributed by atoms with Crippen molar-refractivity contribution in [2.24, 2.45) is 5.92 Å². The van der Waals surface area contributed by atoms with Crippen LogP contribution in [0.5, 0.6) is 0 Å². The third kappa shape index (κ3) is 1.61. The second-order valence-corrected chi connectivity index (χ2v) is 4.15. The molecule has 1 aromatic rings. The number of hydrogen-bond acceptors (Lipinski definition) is 2. The zero-order valence-corrected chi connectivity index (χ0v) is 8.14. The van der Waals surface area contributed by atoms with Gasteiger partial charge < -0.3 is 9.67 Å². The molecule has 0 radical (unpaired) electrons. The largest absolute Gasteiger partial charge is 0.387 e. The molecule has 1 unspecified atom stereocenters. The molecule has 72 valence electrons. The number of imidazole rings is 1. The van der Waals surface area contributed by atoms with Gasteiger partial charge in [0.15, 0.2) is 0 Å². The summed E-state index contributed by atoms with van der Waals surface area (Å²) in [5.74, 6) is 0.259. The molecule has 0 amide bonds. The Morgan fingerprint density at radius 2 is 2.23 bits per heavy atom. The fourth-order valence-electron chi connectivity index (χ4n) is 1.54. The molecule has 3 nitrogen and oxygen atoms in total. The minimum atomic E-state index is -0.372. The van der Waals surface area contributed by atoms with Crippen molar-refractivity contribution in [1.82, 2.24) is 9.55 Å². The number of aliphatic hydroxyl groups excluding tert-OH is 1. The summed E-state index contributed by atoms with van der Waals surface area (Å²) >= 11 is 0. The van der Waals surface area contributed by atoms with Gasteiger partial charge in [-0.05, 0) is 18.8 Å². The van der Waals surface area contributed by atoms with Gasteiger partial charge in [0.1, 0.15) is 0 Å². The highest BCUT2D eigenvalue weighted by molar-refractivity contribution is 5.07. The van der Waals surface area contributed by atoms with Crippen molar-refractivity contribution >= 4 is 0 Å². The Morgan fingerprint density at radius 1 is 1.54 bits per heavy atom. The van der Waals surface area contributed by atoms with E-state index in [2.05, 4.69) is 9.55 Å². The second-order valence-electron chi connectivity index (χ2n) is 4.15. The summed E-state index contributed by atoms with van der Waals surface area (Å²) in [6.07, 6.45) is 5.70. The van der Waals surface area contributed by atoms with Crippen LogP contribution in [0.25, 0.3) is 0 Å². The van der Waals surface area contributed by atoms with E-state index in [1.165, 1.54) is 12.8 Å². The summed E-state index contributed by atoms with van der Waals surface area (Å²) in [5.41, 5.74) is 0.970. The SMILES string of the molecule is CC(C)C(O)c1cncn1C1CC1. The summed E-state index contributed by atoms with van der Waals surface area (Å²) < 4.78 is 2.12. The van der Waals surface area contributed by atoms with Crippen LogP contribution in [0.4, 0.5) is 0 Å². The molecule has 0 saturated heterocycles. The molecule has 1 aliphatic carbocycles. The molecule has 0 aromatic carbocycles. The summed E-state index contributed by atoms with van der Waals surface area (Å²) in [6.45, 7) is 4.05. The number of nitrogens with zero attached hydrogens (tertiary/aromatic N) is 2. The van der Waals surface area contributed by atoms with E-state index in [0.29, 0.717) is 6.04 Å². The predicted molar refractivity (Wildman–Crippen MR) is 50.3 cm³/mol. The van der Waals surface area contributed by atoms with E-state index >= 15 is 0 Å². The Morgan fingerprint density at radius 3 is 2.77 bits per heavy atom. The molecule has 1 fully saturated rings. The van der Waals surface area contributed by atoms with Crippen molar-refractivity contribution in [2.45, 2.75) is 38.8 Å². The zero-order chi connectivity index (χ0) is 9.42. The van der Waals surface area contributed by atoms with Crippen LogP contribution in [0.3, 0.4) is 0 Å². The van der Waals surface area contributed by atoms with Crippen LogP contribution in [-0.2, 0) is 0 Å². The second kappa shape index (κ2) is 3.14. The van der Waals surface area contributed by atoms with Gasteiger partial charge in [0.2, 0.25) is 0 Å². The molecule has 1 aliphatic rings. The molecule has 3 heteroatoms. The summed E-state index contributed by atoms with van der Waals surface area (Å²) in [7, 11) is 0. The molecule has 0 aliphatic heterocycles. The van der Waals surface area contributed by atoms with Crippen LogP contribution in [0.15, 0.2) is 12.5 Å². The first kappa shape index (κ1) is 8.75. The van der Waals surface area contributed by atoms with Crippen molar-refractivity contribution in [3.05, 3.63) is 18.2 Å². The van der Waals surface area contributed by atoms with Gasteiger partial charge in [-0.15, -0.1) is 0 Å². The zero-order valence-electron chi connectivity index (χ0n) is 8.14. The van der Waals surface area contributed by atoms with Gasteiger partial charge in [0.05, 0.1) is 24.3 Å². The highest BCUT2D eigenvalue weighted by atomic mass is 16.3. The minimum Gasteiger partial charge on any atom is -0.387 e. The molecule has 1 N–H and O–H groups in total. The third-order valence-corrected chi connectivity index (χ3v) is 2.57. The van der Waals surface area contributed by atoms with Crippen molar-refractivity contribution in [3.63, 3.8) is 0 Å². The molecule has 13 heavy (non-hydrogen) atoms. The number of aromatic nitrogens is 2. The number of hydrogen-bond donors (Lipinski definition) is 1. The smallest absolute Gasteiger partial charge is 0.0978 e. The van der Waals surface area contributed by atoms with Crippen LogP contribution >= 0.6 is 0 Å². The minimum absolute atomic E-state index is 0.259. The monoisotopic (exact) mass is 180 g/mol. The molecule has 1 atom stereocenters. The lowest BCUT2D eigenvalue weighted by Gasteiger charge is -2.16. The van der Waals surface area contributed by atoms with Crippen molar-refractivity contribution in [1.29, 1.82) is 0 Å². The molecule has 1 heterocycles. The average molecular weight is 180 g/mol. The fourth-order valence-corrected chi connectivity index (χ4v) is 1.54. The Kier molecular flexibility index (Phi) is 2.12. The van der Waals surface area contributed by atoms with Crippen LogP contribution in [0.2, 0.25) is 0 Å². The van der Waals surface area contributed by atoms with Crippen molar-refractivity contribution < 1.29 is 5.11 Å². The van der Waals surface area contributed by atoms with E-state index in [-0.39, 0.29) is 12.0 Å². The Hall–Kier alpha value is -0.830. The highest BCUT2D eigenvalue weighted by Crippen LogP contribution is 2.37. The first-order valence-electron chi connectivity index (χ1n) is 4.90. The van der Waals surface area contributed by atoms with Crippen molar-refractivity contribution in [2.75, 3.05) is 0 Å². The van der Waals surface area contributed by atoms with Gasteiger partial charge in [-0.3, -0.25) is 0 Å². The molecule has 2 rings (SSSR count). The predicted octanol–water partition coefficient (Wildman–Crippen LogP) is 1.91. The normalized spacial score (nSPS) is 19.4. The van der Waals surface area contributed by atoms with Gasteiger partial charge >= 0.3 is 0 Å². The topological polar surface area (TPSA) is 38.1 Å². The van der Waals surface area contributed by atoms with E-state index in [1.54, 1.807) is 6.20 Å². The Labute approximate surface area is 78.4 Å². The quantitative estimate of drug-likeness (QED) is 0.771. The van der Waals surface area contributed by atoms with Crippen LogP contribution in [-0.4, -0.2) is 14.7 Å². The summed E-state index contributed by atoms with van der Waals surface area (Å²) in [5, 5.41) is 9.88. The van der Waals surface area contributed by atoms with Crippen LogP contribution < -0.4 is 0 Å². The average Bonchev–Trinajstić information content (AvgIpc) is 2.83. The van der Waals surface area contributed by atoms with Gasteiger partial charge in [0.25, 0.3) is 0 Å². The molecular weight excluding hydrogens is 164 g/mol.